The number of hydrogen-bond donors (Lipinski definition) is 0. The maximum atomic E-state index is 13.7. The van der Waals surface area contributed by atoms with Crippen LogP contribution in [0.3, 0.4) is 0 Å². The molecule has 140 valence electrons. The predicted octanol–water partition coefficient (Wildman–Crippen LogP) is 7.37. The Kier molecular flexibility index (Phi) is 6.99. The minimum Gasteiger partial charge on any atom is -0.212 e. The lowest BCUT2D eigenvalue weighted by Crippen LogP contribution is -2.70. The van der Waals surface area contributed by atoms with Crippen LogP contribution in [0.4, 0.5) is 39.5 Å². The summed E-state index contributed by atoms with van der Waals surface area (Å²) < 4.78 is 112. The van der Waals surface area contributed by atoms with Crippen LogP contribution in [0.25, 0.3) is 0 Å². The lowest BCUT2D eigenvalue weighted by atomic mass is 9.98. The van der Waals surface area contributed by atoms with Crippen molar-refractivity contribution in [3.05, 3.63) is 0 Å². The molecule has 0 aliphatic heterocycles. The summed E-state index contributed by atoms with van der Waals surface area (Å²) in [4.78, 5) is 0. The zero-order valence-electron chi connectivity index (χ0n) is 9.55. The van der Waals surface area contributed by atoms with Gasteiger partial charge in [0.15, 0.2) is 0 Å². The van der Waals surface area contributed by atoms with Crippen molar-refractivity contribution >= 4 is 92.2 Å². The minimum atomic E-state index is -6.71. The summed E-state index contributed by atoms with van der Waals surface area (Å²) in [6, 6.07) is 0. The van der Waals surface area contributed by atoms with Crippen LogP contribution >= 0.6 is 92.2 Å². The lowest BCUT2D eigenvalue weighted by molar-refractivity contribution is -0.285. The Labute approximate surface area is 166 Å². The topological polar surface area (TPSA) is 0 Å². The van der Waals surface area contributed by atoms with Crippen LogP contribution in [0.5, 0.6) is 0 Å². The molecule has 0 fully saturated rings. The second kappa shape index (κ2) is 6.47. The van der Waals surface area contributed by atoms with E-state index in [2.05, 4.69) is 69.6 Å². The van der Waals surface area contributed by atoms with Crippen molar-refractivity contribution in [3.8, 4) is 0 Å². The maximum absolute atomic E-state index is 13.7. The van der Waals surface area contributed by atoms with Gasteiger partial charge in [-0.05, 0) is 22.6 Å². The van der Waals surface area contributed by atoms with E-state index in [9.17, 15) is 39.5 Å². The fourth-order valence-electron chi connectivity index (χ4n) is 0.948. The fourth-order valence-corrected chi connectivity index (χ4v) is 2.77. The molecule has 0 nitrogen and oxygen atoms in total. The Morgan fingerprint density at radius 1 is 0.478 bits per heavy atom. The summed E-state index contributed by atoms with van der Waals surface area (Å²) in [6.45, 7) is 0. The molecular weight excluding hydrogens is 595 g/mol. The molecule has 0 spiro atoms. The van der Waals surface area contributed by atoms with Crippen molar-refractivity contribution in [2.24, 2.45) is 0 Å². The third kappa shape index (κ3) is 3.65. The molecule has 0 aliphatic rings. The highest BCUT2D eigenvalue weighted by Crippen LogP contribution is 2.65. The van der Waals surface area contributed by atoms with Crippen LogP contribution in [-0.4, -0.2) is 35.0 Å². The van der Waals surface area contributed by atoms with Gasteiger partial charge in [-0.2, -0.15) is 26.3 Å². The summed E-state index contributed by atoms with van der Waals surface area (Å²) in [5.74, 6) is -18.8. The van der Waals surface area contributed by atoms with Gasteiger partial charge < -0.3 is 0 Å². The van der Waals surface area contributed by atoms with Gasteiger partial charge in [0, 0.05) is 0 Å². The zero-order chi connectivity index (χ0) is 19.5. The van der Waals surface area contributed by atoms with Crippen LogP contribution in [0, 0.1) is 0 Å². The van der Waals surface area contributed by atoms with Crippen molar-refractivity contribution in [3.63, 3.8) is 0 Å². The molecule has 0 aliphatic carbocycles. The molecule has 23 heavy (non-hydrogen) atoms. The molecule has 0 saturated heterocycles. The average Bonchev–Trinajstić information content (AvgIpc) is 2.24. The second-order valence-corrected chi connectivity index (χ2v) is 9.84. The SMILES string of the molecule is FC(Cl)(I)C(F)(F)C(F)(Cl)C(F)(F)C(F)(Cl)C(F)(F)C(Cl)(Cl)Cl. The van der Waals surface area contributed by atoms with E-state index in [1.165, 1.54) is 0 Å². The summed E-state index contributed by atoms with van der Waals surface area (Å²) >= 11 is 26.2. The molecule has 0 saturated carbocycles. The third-order valence-corrected chi connectivity index (χ3v) is 4.87. The van der Waals surface area contributed by atoms with E-state index in [-0.39, 0.29) is 22.6 Å². The van der Waals surface area contributed by atoms with E-state index < -0.39 is 35.0 Å². The molecule has 3 atom stereocenters. The molecule has 0 aromatic heterocycles. The fraction of sp³-hybridized carbons (Fsp3) is 1.00. The van der Waals surface area contributed by atoms with Gasteiger partial charge in [-0.25, -0.2) is 13.2 Å². The maximum Gasteiger partial charge on any atom is 0.357 e. The molecule has 0 N–H and O–H groups in total. The zero-order valence-corrected chi connectivity index (χ0v) is 16.2. The highest BCUT2D eigenvalue weighted by atomic mass is 127. The van der Waals surface area contributed by atoms with Crippen LogP contribution in [-0.2, 0) is 0 Å². The van der Waals surface area contributed by atoms with Gasteiger partial charge in [0.25, 0.3) is 3.79 Å². The molecule has 16 heteroatoms. The van der Waals surface area contributed by atoms with Crippen LogP contribution in [0.1, 0.15) is 0 Å². The van der Waals surface area contributed by atoms with Gasteiger partial charge in [-0.15, -0.1) is 0 Å². The first-order valence-electron chi connectivity index (χ1n) is 4.52. The standard InChI is InChI=1S/C7Cl6F9I/c8-1(14,4(18,19)6(10,11)12)3(16,17)2(9,15)5(20,21)7(13,22)23. The number of hydrogen-bond acceptors (Lipinski definition) is 0. The van der Waals surface area contributed by atoms with E-state index in [1.807, 2.05) is 0 Å². The van der Waals surface area contributed by atoms with Gasteiger partial charge >= 0.3 is 31.2 Å². The average molecular weight is 595 g/mol. The van der Waals surface area contributed by atoms with Crippen molar-refractivity contribution in [1.82, 2.24) is 0 Å². The lowest BCUT2D eigenvalue weighted by Gasteiger charge is -2.44. The molecule has 0 bridgehead atoms. The molecule has 0 radical (unpaired) electrons. The van der Waals surface area contributed by atoms with Crippen molar-refractivity contribution in [1.29, 1.82) is 0 Å². The van der Waals surface area contributed by atoms with Crippen LogP contribution in [0.15, 0.2) is 0 Å². The summed E-state index contributed by atoms with van der Waals surface area (Å²) in [7, 11) is 0. The Bertz CT molecular complexity index is 414. The Morgan fingerprint density at radius 3 is 0.957 bits per heavy atom. The van der Waals surface area contributed by atoms with Gasteiger partial charge in [-0.3, -0.25) is 0 Å². The first-order chi connectivity index (χ1) is 9.50. The Balaban J connectivity index is 6.37. The Morgan fingerprint density at radius 2 is 0.739 bits per heavy atom. The van der Waals surface area contributed by atoms with Crippen LogP contribution in [0.2, 0.25) is 0 Å². The molecule has 3 unspecified atom stereocenters. The van der Waals surface area contributed by atoms with Crippen LogP contribution < -0.4 is 0 Å². The Hall–Kier alpha value is 1.84. The monoisotopic (exact) mass is 592 g/mol. The first-order valence-corrected chi connectivity index (χ1v) is 7.87. The summed E-state index contributed by atoms with van der Waals surface area (Å²) in [6.07, 6.45) is 0. The van der Waals surface area contributed by atoms with Gasteiger partial charge in [0.1, 0.15) is 0 Å². The summed E-state index contributed by atoms with van der Waals surface area (Å²) in [5, 5.41) is -12.3. The van der Waals surface area contributed by atoms with E-state index in [0.29, 0.717) is 0 Å². The highest BCUT2D eigenvalue weighted by Gasteiger charge is 2.88. The predicted molar refractivity (Wildman–Crippen MR) is 78.2 cm³/mol. The normalized spacial score (nSPS) is 23.0. The van der Waals surface area contributed by atoms with Gasteiger partial charge in [-0.1, -0.05) is 69.6 Å². The van der Waals surface area contributed by atoms with E-state index >= 15 is 0 Å². The first kappa shape index (κ1) is 24.8. The van der Waals surface area contributed by atoms with E-state index in [1.54, 1.807) is 0 Å². The molecule has 0 aromatic rings. The second-order valence-electron chi connectivity index (χ2n) is 3.87. The van der Waals surface area contributed by atoms with Crippen molar-refractivity contribution in [2.45, 2.75) is 35.0 Å². The van der Waals surface area contributed by atoms with E-state index in [0.717, 1.165) is 0 Å². The molecular formula is C7Cl6F9I. The summed E-state index contributed by atoms with van der Waals surface area (Å²) in [5.41, 5.74) is 0. The van der Waals surface area contributed by atoms with Crippen molar-refractivity contribution < 1.29 is 39.5 Å². The largest absolute Gasteiger partial charge is 0.357 e. The van der Waals surface area contributed by atoms with Crippen molar-refractivity contribution in [2.75, 3.05) is 0 Å². The third-order valence-electron chi connectivity index (χ3n) is 2.29. The minimum absolute atomic E-state index is 0.0904. The highest BCUT2D eigenvalue weighted by molar-refractivity contribution is 14.1. The quantitative estimate of drug-likeness (QED) is 0.177. The molecule has 0 aromatic carbocycles. The molecule has 0 heterocycles. The van der Waals surface area contributed by atoms with E-state index in [4.69, 9.17) is 0 Å². The molecule has 0 amide bonds. The molecule has 0 rings (SSSR count). The van der Waals surface area contributed by atoms with Gasteiger partial charge in [0.2, 0.25) is 0 Å². The van der Waals surface area contributed by atoms with Gasteiger partial charge in [0.05, 0.1) is 0 Å². The number of halogens is 16. The number of alkyl halides is 16. The smallest absolute Gasteiger partial charge is 0.212 e. The number of rotatable bonds is 5.